The van der Waals surface area contributed by atoms with Crippen LogP contribution >= 0.6 is 0 Å². The van der Waals surface area contributed by atoms with Crippen LogP contribution in [0, 0.1) is 5.41 Å². The van der Waals surface area contributed by atoms with E-state index in [1.807, 2.05) is 71.5 Å². The Morgan fingerprint density at radius 2 is 1.48 bits per heavy atom. The Balaban J connectivity index is -0.000000203. The molecule has 1 aliphatic rings. The number of piperidine rings is 1. The maximum absolute atomic E-state index is 12.7. The third-order valence-electron chi connectivity index (χ3n) is 7.61. The van der Waals surface area contributed by atoms with Crippen LogP contribution in [0.3, 0.4) is 0 Å². The third kappa shape index (κ3) is 32.0. The van der Waals surface area contributed by atoms with Gasteiger partial charge in [-0.3, -0.25) is 19.3 Å². The van der Waals surface area contributed by atoms with Crippen molar-refractivity contribution in [3.05, 3.63) is 36.6 Å². The summed E-state index contributed by atoms with van der Waals surface area (Å²) in [4.78, 5) is 40.7. The van der Waals surface area contributed by atoms with Gasteiger partial charge in [-0.2, -0.15) is 0 Å². The Morgan fingerprint density at radius 3 is 1.87 bits per heavy atom. The van der Waals surface area contributed by atoms with Crippen LogP contribution in [0.2, 0.25) is 0 Å². The van der Waals surface area contributed by atoms with Crippen molar-refractivity contribution in [2.24, 2.45) is 5.41 Å². The van der Waals surface area contributed by atoms with Gasteiger partial charge in [0.25, 0.3) is 0 Å². The van der Waals surface area contributed by atoms with Gasteiger partial charge in [-0.25, -0.2) is 0 Å². The molecule has 0 radical (unpaired) electrons. The van der Waals surface area contributed by atoms with E-state index in [0.717, 1.165) is 82.5 Å². The highest BCUT2D eigenvalue weighted by Gasteiger charge is 2.34. The van der Waals surface area contributed by atoms with Crippen molar-refractivity contribution < 1.29 is 14.4 Å². The molecule has 310 valence electrons. The maximum Gasteiger partial charge on any atom is 0.249 e. The molecule has 1 rings (SSSR count). The van der Waals surface area contributed by atoms with E-state index < -0.39 is 0 Å². The van der Waals surface area contributed by atoms with Gasteiger partial charge in [0.2, 0.25) is 18.2 Å². The molecule has 9 nitrogen and oxygen atoms in total. The Labute approximate surface area is 324 Å². The average molecular weight is 739 g/mol. The summed E-state index contributed by atoms with van der Waals surface area (Å²) in [6.45, 7) is 43.9. The Bertz CT molecular complexity index is 892. The second kappa shape index (κ2) is 39.6. The number of nitrogens with zero attached hydrogens (tertiary/aromatic N) is 3. The second-order valence-corrected chi connectivity index (χ2v) is 14.0. The standard InChI is InChI=1S/C17H32N2O.C12H24N2O.C7H14N2O.C3H8.2C2H6/c1-12(2)15(17(5,6)7)18-16(20)14-10-8-9-11-19(14)13(3)4;1-5-9-14(10-6-2)12(15)11(3)7-8-13-4;1-3-9(2)6-4-5-8-7-10;1-3-2;2*1-2/h13-15H,1,8-11H2,2-7H3,(H,18,20);7,13H,5-6,8-10H2,1-4H3;3,7H,1,4-6H2,2H3,(H,8,10);3H2,1-2H3;2*1-2H3/b;11-7+;;;;. The molecule has 0 aromatic rings. The average Bonchev–Trinajstić information content (AvgIpc) is 3.12. The second-order valence-electron chi connectivity index (χ2n) is 14.0. The summed E-state index contributed by atoms with van der Waals surface area (Å²) in [6, 6.07) is 0.475. The SMILES string of the molecule is C=C(C)C(NC(=O)C1CCCCN1C(C)C)C(C)(C)C.C=CN(C)CCCNC=O.CC.CC.CCC.CCCN(CCC)C(=O)/C(C)=C/CNC. The Kier molecular flexibility index (Phi) is 44.6. The Hall–Kier alpha value is -2.65. The summed E-state index contributed by atoms with van der Waals surface area (Å²) in [5.41, 5.74) is 1.86. The lowest BCUT2D eigenvalue weighted by molar-refractivity contribution is -0.129. The summed E-state index contributed by atoms with van der Waals surface area (Å²) in [6.07, 6.45) is 12.0. The van der Waals surface area contributed by atoms with E-state index in [9.17, 15) is 14.4 Å². The van der Waals surface area contributed by atoms with Gasteiger partial charge in [0, 0.05) is 51.4 Å². The van der Waals surface area contributed by atoms with Crippen molar-refractivity contribution in [3.63, 3.8) is 0 Å². The van der Waals surface area contributed by atoms with Crippen LogP contribution in [-0.4, -0.2) is 104 Å². The van der Waals surface area contributed by atoms with Gasteiger partial charge >= 0.3 is 0 Å². The lowest BCUT2D eigenvalue weighted by Crippen LogP contribution is -2.55. The van der Waals surface area contributed by atoms with E-state index >= 15 is 0 Å². The van der Waals surface area contributed by atoms with Crippen LogP contribution in [0.25, 0.3) is 0 Å². The fourth-order valence-electron chi connectivity index (χ4n) is 5.20. The third-order valence-corrected chi connectivity index (χ3v) is 7.61. The molecule has 0 aromatic carbocycles. The van der Waals surface area contributed by atoms with Crippen LogP contribution in [0.1, 0.15) is 149 Å². The van der Waals surface area contributed by atoms with Gasteiger partial charge < -0.3 is 25.8 Å². The minimum Gasteiger partial charge on any atom is -0.381 e. The summed E-state index contributed by atoms with van der Waals surface area (Å²) in [5, 5.41) is 8.83. The molecule has 1 aliphatic heterocycles. The van der Waals surface area contributed by atoms with Crippen molar-refractivity contribution in [2.45, 2.75) is 167 Å². The molecule has 3 N–H and O–H groups in total. The minimum absolute atomic E-state index is 0.00117. The molecule has 1 fully saturated rings. The lowest BCUT2D eigenvalue weighted by Gasteiger charge is -2.40. The molecule has 2 atom stereocenters. The highest BCUT2D eigenvalue weighted by molar-refractivity contribution is 5.92. The number of nitrogens with one attached hydrogen (secondary N) is 3. The Morgan fingerprint density at radius 1 is 0.962 bits per heavy atom. The topological polar surface area (TPSA) is 97.0 Å². The van der Waals surface area contributed by atoms with E-state index in [0.29, 0.717) is 12.5 Å². The van der Waals surface area contributed by atoms with Crippen LogP contribution in [-0.2, 0) is 14.4 Å². The molecule has 9 heteroatoms. The largest absolute Gasteiger partial charge is 0.381 e. The van der Waals surface area contributed by atoms with Gasteiger partial charge in [-0.1, -0.05) is 114 Å². The molecule has 1 heterocycles. The van der Waals surface area contributed by atoms with Gasteiger partial charge in [-0.15, -0.1) is 0 Å². The molecule has 0 saturated carbocycles. The zero-order chi connectivity index (χ0) is 41.7. The predicted octanol–water partition coefficient (Wildman–Crippen LogP) is 8.82. The van der Waals surface area contributed by atoms with Gasteiger partial charge in [-0.05, 0) is 85.0 Å². The molecular weight excluding hydrogens is 649 g/mol. The number of likely N-dealkylation sites (N-methyl/N-ethyl adjacent to an activating group) is 1. The molecular formula is C43H90N6O3. The number of carbonyl (C=O) groups is 3. The number of carbonyl (C=O) groups excluding carboxylic acids is 3. The first-order valence-corrected chi connectivity index (χ1v) is 20.4. The summed E-state index contributed by atoms with van der Waals surface area (Å²) < 4.78 is 0. The van der Waals surface area contributed by atoms with Crippen LogP contribution in [0.4, 0.5) is 0 Å². The molecule has 52 heavy (non-hydrogen) atoms. The lowest BCUT2D eigenvalue weighted by atomic mass is 9.82. The molecule has 0 bridgehead atoms. The summed E-state index contributed by atoms with van der Waals surface area (Å²) >= 11 is 0. The van der Waals surface area contributed by atoms with Crippen molar-refractivity contribution in [1.29, 1.82) is 0 Å². The number of hydrogen-bond donors (Lipinski definition) is 3. The number of hydrogen-bond acceptors (Lipinski definition) is 6. The first-order valence-electron chi connectivity index (χ1n) is 20.4. The van der Waals surface area contributed by atoms with E-state index in [-0.39, 0.29) is 29.3 Å². The van der Waals surface area contributed by atoms with Gasteiger partial charge in [0.1, 0.15) is 0 Å². The van der Waals surface area contributed by atoms with Crippen LogP contribution in [0.15, 0.2) is 36.6 Å². The van der Waals surface area contributed by atoms with E-state index in [1.54, 1.807) is 6.20 Å². The number of rotatable bonds is 17. The van der Waals surface area contributed by atoms with Crippen LogP contribution in [0.5, 0.6) is 0 Å². The number of amides is 3. The minimum atomic E-state index is -0.00117. The van der Waals surface area contributed by atoms with Crippen molar-refractivity contribution in [1.82, 2.24) is 30.7 Å². The first kappa shape index (κ1) is 58.7. The van der Waals surface area contributed by atoms with Crippen LogP contribution < -0.4 is 16.0 Å². The fourth-order valence-corrected chi connectivity index (χ4v) is 5.20. The van der Waals surface area contributed by atoms with Gasteiger partial charge in [0.15, 0.2) is 0 Å². The molecule has 0 aliphatic carbocycles. The quantitative estimate of drug-likeness (QED) is 0.0598. The molecule has 2 unspecified atom stereocenters. The molecule has 3 amide bonds. The summed E-state index contributed by atoms with van der Waals surface area (Å²) in [5.74, 6) is 0.343. The van der Waals surface area contributed by atoms with E-state index in [1.165, 1.54) is 12.8 Å². The zero-order valence-corrected chi connectivity index (χ0v) is 37.6. The normalized spacial score (nSPS) is 14.3. The molecule has 0 aromatic heterocycles. The van der Waals surface area contributed by atoms with Gasteiger partial charge in [0.05, 0.1) is 12.1 Å². The van der Waals surface area contributed by atoms with Crippen molar-refractivity contribution >= 4 is 18.2 Å². The summed E-state index contributed by atoms with van der Waals surface area (Å²) in [7, 11) is 3.83. The zero-order valence-electron chi connectivity index (χ0n) is 37.6. The van der Waals surface area contributed by atoms with E-state index in [2.05, 4.69) is 96.3 Å². The van der Waals surface area contributed by atoms with E-state index in [4.69, 9.17) is 0 Å². The predicted molar refractivity (Wildman–Crippen MR) is 231 cm³/mol. The maximum atomic E-state index is 12.7. The monoisotopic (exact) mass is 739 g/mol. The first-order chi connectivity index (χ1) is 24.5. The fraction of sp³-hybridized carbons (Fsp3) is 0.791. The molecule has 0 spiro atoms. The molecule has 1 saturated heterocycles. The van der Waals surface area contributed by atoms with Crippen molar-refractivity contribution in [3.8, 4) is 0 Å². The van der Waals surface area contributed by atoms with Crippen molar-refractivity contribution in [2.75, 3.05) is 53.4 Å². The smallest absolute Gasteiger partial charge is 0.249 e. The highest BCUT2D eigenvalue weighted by Crippen LogP contribution is 2.26. The highest BCUT2D eigenvalue weighted by atomic mass is 16.2. The number of likely N-dealkylation sites (tertiary alicyclic amines) is 1.